The summed E-state index contributed by atoms with van der Waals surface area (Å²) < 4.78 is 44.6. The highest BCUT2D eigenvalue weighted by Gasteiger charge is 2.36. The van der Waals surface area contributed by atoms with E-state index < -0.39 is 17.6 Å². The molecule has 1 saturated heterocycles. The van der Waals surface area contributed by atoms with E-state index in [-0.39, 0.29) is 43.4 Å². The van der Waals surface area contributed by atoms with Crippen molar-refractivity contribution < 1.29 is 27.2 Å². The number of aryl methyl sites for hydroxylation is 1. The van der Waals surface area contributed by atoms with Crippen LogP contribution in [0.15, 0.2) is 40.8 Å². The fraction of sp³-hybridized carbons (Fsp3) is 0.333. The second kappa shape index (κ2) is 6.86. The van der Waals surface area contributed by atoms with Crippen molar-refractivity contribution in [1.29, 1.82) is 0 Å². The van der Waals surface area contributed by atoms with Crippen molar-refractivity contribution in [3.63, 3.8) is 0 Å². The number of hydrogen-bond acceptors (Lipinski definition) is 3. The van der Waals surface area contributed by atoms with Gasteiger partial charge in [0.25, 0.3) is 11.8 Å². The molecule has 8 heteroatoms. The van der Waals surface area contributed by atoms with Gasteiger partial charge in [0, 0.05) is 26.2 Å². The van der Waals surface area contributed by atoms with Gasteiger partial charge in [-0.25, -0.2) is 0 Å². The van der Waals surface area contributed by atoms with E-state index in [0.29, 0.717) is 5.76 Å². The average molecular weight is 366 g/mol. The van der Waals surface area contributed by atoms with E-state index >= 15 is 0 Å². The molecular formula is C18H17F3N2O3. The Hall–Kier alpha value is -2.77. The number of rotatable bonds is 2. The lowest BCUT2D eigenvalue weighted by Crippen LogP contribution is -2.50. The van der Waals surface area contributed by atoms with Crippen molar-refractivity contribution >= 4 is 11.8 Å². The maximum Gasteiger partial charge on any atom is 0.417 e. The van der Waals surface area contributed by atoms with Gasteiger partial charge in [-0.05, 0) is 31.2 Å². The van der Waals surface area contributed by atoms with Crippen molar-refractivity contribution in [2.24, 2.45) is 0 Å². The van der Waals surface area contributed by atoms with Gasteiger partial charge in [0.1, 0.15) is 5.76 Å². The lowest BCUT2D eigenvalue weighted by molar-refractivity contribution is -0.138. The molecule has 0 radical (unpaired) electrons. The van der Waals surface area contributed by atoms with Crippen LogP contribution in [-0.2, 0) is 6.18 Å². The van der Waals surface area contributed by atoms with Crippen LogP contribution in [0.2, 0.25) is 0 Å². The third-order valence-electron chi connectivity index (χ3n) is 4.27. The van der Waals surface area contributed by atoms with Crippen LogP contribution in [0.3, 0.4) is 0 Å². The van der Waals surface area contributed by atoms with Gasteiger partial charge in [-0.1, -0.05) is 12.1 Å². The first-order chi connectivity index (χ1) is 12.3. The molecule has 2 amide bonds. The summed E-state index contributed by atoms with van der Waals surface area (Å²) >= 11 is 0. The van der Waals surface area contributed by atoms with Crippen molar-refractivity contribution in [2.75, 3.05) is 26.2 Å². The number of benzene rings is 1. The Morgan fingerprint density at radius 1 is 0.923 bits per heavy atom. The molecule has 2 heterocycles. The average Bonchev–Trinajstić information content (AvgIpc) is 3.06. The SMILES string of the molecule is Cc1ccc(C(=O)N2CCN(C(=O)c3ccccc3C(F)(F)F)CC2)o1. The normalized spacial score (nSPS) is 15.2. The van der Waals surface area contributed by atoms with Crippen molar-refractivity contribution in [2.45, 2.75) is 13.1 Å². The second-order valence-electron chi connectivity index (χ2n) is 6.04. The molecule has 1 aromatic heterocycles. The predicted octanol–water partition coefficient (Wildman–Crippen LogP) is 3.21. The van der Waals surface area contributed by atoms with E-state index in [0.717, 1.165) is 6.07 Å². The van der Waals surface area contributed by atoms with Gasteiger partial charge >= 0.3 is 6.18 Å². The number of piperazine rings is 1. The zero-order valence-corrected chi connectivity index (χ0v) is 14.0. The fourth-order valence-corrected chi connectivity index (χ4v) is 2.91. The Kier molecular flexibility index (Phi) is 4.76. The Morgan fingerprint density at radius 3 is 2.04 bits per heavy atom. The molecule has 0 saturated carbocycles. The lowest BCUT2D eigenvalue weighted by Gasteiger charge is -2.34. The zero-order valence-electron chi connectivity index (χ0n) is 14.0. The highest BCUT2D eigenvalue weighted by atomic mass is 19.4. The summed E-state index contributed by atoms with van der Waals surface area (Å²) in [6.07, 6.45) is -4.60. The summed E-state index contributed by atoms with van der Waals surface area (Å²) in [6.45, 7) is 2.52. The highest BCUT2D eigenvalue weighted by molar-refractivity contribution is 5.96. The summed E-state index contributed by atoms with van der Waals surface area (Å²) in [5.41, 5.74) is -1.32. The van der Waals surface area contributed by atoms with Gasteiger partial charge in [-0.3, -0.25) is 9.59 Å². The molecule has 1 aliphatic rings. The summed E-state index contributed by atoms with van der Waals surface area (Å²) in [4.78, 5) is 27.7. The summed E-state index contributed by atoms with van der Waals surface area (Å²) in [6, 6.07) is 7.99. The summed E-state index contributed by atoms with van der Waals surface area (Å²) in [5, 5.41) is 0. The molecule has 2 aromatic rings. The third-order valence-corrected chi connectivity index (χ3v) is 4.27. The molecule has 1 fully saturated rings. The number of carbonyl (C=O) groups excluding carboxylic acids is 2. The van der Waals surface area contributed by atoms with Gasteiger partial charge in [0.05, 0.1) is 11.1 Å². The minimum Gasteiger partial charge on any atom is -0.456 e. The van der Waals surface area contributed by atoms with E-state index in [1.807, 2.05) is 0 Å². The van der Waals surface area contributed by atoms with Crippen LogP contribution in [0.1, 0.15) is 32.2 Å². The van der Waals surface area contributed by atoms with Crippen LogP contribution >= 0.6 is 0 Å². The maximum absolute atomic E-state index is 13.1. The van der Waals surface area contributed by atoms with Crippen LogP contribution in [0.5, 0.6) is 0 Å². The number of furan rings is 1. The molecule has 0 atom stereocenters. The molecule has 1 aliphatic heterocycles. The monoisotopic (exact) mass is 366 g/mol. The quantitative estimate of drug-likeness (QED) is 0.820. The predicted molar refractivity (Wildman–Crippen MR) is 86.7 cm³/mol. The molecular weight excluding hydrogens is 349 g/mol. The van der Waals surface area contributed by atoms with E-state index in [2.05, 4.69) is 0 Å². The summed E-state index contributed by atoms with van der Waals surface area (Å²) in [7, 11) is 0. The van der Waals surface area contributed by atoms with Crippen molar-refractivity contribution in [3.8, 4) is 0 Å². The van der Waals surface area contributed by atoms with E-state index in [9.17, 15) is 22.8 Å². The van der Waals surface area contributed by atoms with Gasteiger partial charge in [0.2, 0.25) is 0 Å². The smallest absolute Gasteiger partial charge is 0.417 e. The molecule has 1 aromatic carbocycles. The van der Waals surface area contributed by atoms with Crippen LogP contribution < -0.4 is 0 Å². The molecule has 3 rings (SSSR count). The van der Waals surface area contributed by atoms with Crippen LogP contribution in [0.25, 0.3) is 0 Å². The molecule has 0 spiro atoms. The largest absolute Gasteiger partial charge is 0.456 e. The van der Waals surface area contributed by atoms with E-state index in [4.69, 9.17) is 4.42 Å². The lowest BCUT2D eigenvalue weighted by atomic mass is 10.1. The Labute approximate surface area is 148 Å². The second-order valence-corrected chi connectivity index (χ2v) is 6.04. The molecule has 26 heavy (non-hydrogen) atoms. The molecule has 0 unspecified atom stereocenters. The van der Waals surface area contributed by atoms with Gasteiger partial charge in [-0.2, -0.15) is 13.2 Å². The Balaban J connectivity index is 1.69. The van der Waals surface area contributed by atoms with Crippen molar-refractivity contribution in [1.82, 2.24) is 9.80 Å². The third kappa shape index (κ3) is 3.58. The number of nitrogens with zero attached hydrogens (tertiary/aromatic N) is 2. The summed E-state index contributed by atoms with van der Waals surface area (Å²) in [5.74, 6) is -0.143. The standard InChI is InChI=1S/C18H17F3N2O3/c1-12-6-7-15(26-12)17(25)23-10-8-22(9-11-23)16(24)13-4-2-3-5-14(13)18(19,20)21/h2-7H,8-11H2,1H3. The number of hydrogen-bond donors (Lipinski definition) is 0. The molecule has 0 aliphatic carbocycles. The minimum atomic E-state index is -4.60. The number of alkyl halides is 3. The molecule has 0 N–H and O–H groups in total. The fourth-order valence-electron chi connectivity index (χ4n) is 2.91. The van der Waals surface area contributed by atoms with Crippen LogP contribution in [0, 0.1) is 6.92 Å². The van der Waals surface area contributed by atoms with Crippen molar-refractivity contribution in [3.05, 3.63) is 59.0 Å². The van der Waals surface area contributed by atoms with Gasteiger partial charge in [-0.15, -0.1) is 0 Å². The van der Waals surface area contributed by atoms with Gasteiger partial charge in [0.15, 0.2) is 5.76 Å². The zero-order chi connectivity index (χ0) is 18.9. The number of halogens is 3. The van der Waals surface area contributed by atoms with E-state index in [1.165, 1.54) is 28.0 Å². The number of amides is 2. The van der Waals surface area contributed by atoms with Crippen LogP contribution in [0.4, 0.5) is 13.2 Å². The molecule has 5 nitrogen and oxygen atoms in total. The van der Waals surface area contributed by atoms with Crippen LogP contribution in [-0.4, -0.2) is 47.8 Å². The Bertz CT molecular complexity index is 821. The maximum atomic E-state index is 13.1. The van der Waals surface area contributed by atoms with Gasteiger partial charge < -0.3 is 14.2 Å². The minimum absolute atomic E-state index is 0.163. The highest BCUT2D eigenvalue weighted by Crippen LogP contribution is 2.32. The Morgan fingerprint density at radius 2 is 1.50 bits per heavy atom. The molecule has 138 valence electrons. The number of carbonyl (C=O) groups is 2. The first-order valence-electron chi connectivity index (χ1n) is 8.08. The first-order valence-corrected chi connectivity index (χ1v) is 8.08. The molecule has 0 bridgehead atoms. The van der Waals surface area contributed by atoms with E-state index in [1.54, 1.807) is 19.1 Å². The first kappa shape index (κ1) is 18.0. The topological polar surface area (TPSA) is 53.8 Å².